The van der Waals surface area contributed by atoms with Crippen LogP contribution in [0.2, 0.25) is 0 Å². The molecule has 6 nitrogen and oxygen atoms in total. The van der Waals surface area contributed by atoms with Crippen LogP contribution < -0.4 is 5.32 Å². The van der Waals surface area contributed by atoms with E-state index in [4.69, 9.17) is 4.52 Å². The zero-order valence-electron chi connectivity index (χ0n) is 10.5. The second-order valence-electron chi connectivity index (χ2n) is 4.57. The van der Waals surface area contributed by atoms with E-state index in [1.807, 2.05) is 12.1 Å². The van der Waals surface area contributed by atoms with Crippen LogP contribution in [0.25, 0.3) is 11.5 Å². The van der Waals surface area contributed by atoms with Gasteiger partial charge in [-0.05, 0) is 11.6 Å². The molecular formula is C14H11N5O. The highest BCUT2D eigenvalue weighted by atomic mass is 16.5. The van der Waals surface area contributed by atoms with E-state index in [2.05, 4.69) is 37.6 Å². The number of nitrogens with one attached hydrogen (secondary N) is 1. The Bertz CT molecular complexity index is 740. The highest BCUT2D eigenvalue weighted by Crippen LogP contribution is 2.35. The van der Waals surface area contributed by atoms with Gasteiger partial charge in [0.05, 0.1) is 12.1 Å². The lowest BCUT2D eigenvalue weighted by Gasteiger charge is -2.02. The summed E-state index contributed by atoms with van der Waals surface area (Å²) in [5.74, 6) is 1.16. The summed E-state index contributed by atoms with van der Waals surface area (Å²) in [6.07, 6.45) is 4.84. The molecule has 1 aliphatic rings. The quantitative estimate of drug-likeness (QED) is 0.764. The van der Waals surface area contributed by atoms with Crippen molar-refractivity contribution in [3.05, 3.63) is 54.3 Å². The Morgan fingerprint density at radius 1 is 1.20 bits per heavy atom. The van der Waals surface area contributed by atoms with E-state index in [1.54, 1.807) is 18.6 Å². The van der Waals surface area contributed by atoms with E-state index in [1.165, 1.54) is 5.56 Å². The maximum absolute atomic E-state index is 5.39. The minimum Gasteiger partial charge on any atom is -0.384 e. The third-order valence-corrected chi connectivity index (χ3v) is 3.36. The van der Waals surface area contributed by atoms with Crippen molar-refractivity contribution in [1.82, 2.24) is 20.1 Å². The summed E-state index contributed by atoms with van der Waals surface area (Å²) in [6, 6.07) is 8.15. The lowest BCUT2D eigenvalue weighted by atomic mass is 10.0. The summed E-state index contributed by atoms with van der Waals surface area (Å²) in [7, 11) is 0. The molecule has 2 aromatic heterocycles. The Hall–Kier alpha value is -2.76. The van der Waals surface area contributed by atoms with Crippen LogP contribution in [0.15, 0.2) is 47.4 Å². The van der Waals surface area contributed by atoms with Gasteiger partial charge in [-0.2, -0.15) is 4.98 Å². The summed E-state index contributed by atoms with van der Waals surface area (Å²) in [5, 5.41) is 7.33. The smallest absolute Gasteiger partial charge is 0.236 e. The number of hydrogen-bond donors (Lipinski definition) is 1. The Balaban J connectivity index is 1.70. The van der Waals surface area contributed by atoms with Crippen LogP contribution in [0.5, 0.6) is 0 Å². The standard InChI is InChI=1S/C14H11N5O/c1-2-4-11-9(3-1)10(7-17-11)14-18-13(19-20-14)12-8-15-5-6-16-12/h1-6,8,10,17H,7H2. The second-order valence-corrected chi connectivity index (χ2v) is 4.57. The first-order chi connectivity index (χ1) is 9.92. The molecule has 4 rings (SSSR count). The molecule has 3 aromatic rings. The normalized spacial score (nSPS) is 16.7. The van der Waals surface area contributed by atoms with Crippen molar-refractivity contribution in [3.8, 4) is 11.5 Å². The van der Waals surface area contributed by atoms with Crippen molar-refractivity contribution in [3.63, 3.8) is 0 Å². The van der Waals surface area contributed by atoms with Gasteiger partial charge in [-0.15, -0.1) is 0 Å². The van der Waals surface area contributed by atoms with Crippen LogP contribution >= 0.6 is 0 Å². The highest BCUT2D eigenvalue weighted by Gasteiger charge is 2.28. The molecule has 0 amide bonds. The highest BCUT2D eigenvalue weighted by molar-refractivity contribution is 5.59. The van der Waals surface area contributed by atoms with Gasteiger partial charge in [0.15, 0.2) is 0 Å². The summed E-state index contributed by atoms with van der Waals surface area (Å²) >= 11 is 0. The molecule has 0 saturated heterocycles. The fourth-order valence-electron chi connectivity index (χ4n) is 2.40. The monoisotopic (exact) mass is 265 g/mol. The van der Waals surface area contributed by atoms with Crippen molar-refractivity contribution in [2.45, 2.75) is 5.92 Å². The van der Waals surface area contributed by atoms with Crippen molar-refractivity contribution < 1.29 is 4.52 Å². The first-order valence-corrected chi connectivity index (χ1v) is 6.34. The Morgan fingerprint density at radius 3 is 3.05 bits per heavy atom. The van der Waals surface area contributed by atoms with Crippen LogP contribution in [-0.4, -0.2) is 26.7 Å². The minimum absolute atomic E-state index is 0.0871. The largest absolute Gasteiger partial charge is 0.384 e. The second kappa shape index (κ2) is 4.41. The molecule has 0 spiro atoms. The molecule has 1 N–H and O–H groups in total. The molecule has 3 heterocycles. The molecule has 98 valence electrons. The predicted molar refractivity (Wildman–Crippen MR) is 72.1 cm³/mol. The van der Waals surface area contributed by atoms with Gasteiger partial charge >= 0.3 is 0 Å². The van der Waals surface area contributed by atoms with Gasteiger partial charge in [-0.25, -0.2) is 4.98 Å². The maximum Gasteiger partial charge on any atom is 0.236 e. The van der Waals surface area contributed by atoms with Gasteiger partial charge in [-0.3, -0.25) is 4.98 Å². The number of nitrogens with zero attached hydrogens (tertiary/aromatic N) is 4. The summed E-state index contributed by atoms with van der Waals surface area (Å²) in [5.41, 5.74) is 2.92. The van der Waals surface area contributed by atoms with Crippen LogP contribution in [-0.2, 0) is 0 Å². The number of benzene rings is 1. The lowest BCUT2D eigenvalue weighted by Crippen LogP contribution is -2.04. The average molecular weight is 265 g/mol. The van der Waals surface area contributed by atoms with Crippen molar-refractivity contribution in [1.29, 1.82) is 0 Å². The van der Waals surface area contributed by atoms with E-state index >= 15 is 0 Å². The van der Waals surface area contributed by atoms with E-state index in [9.17, 15) is 0 Å². The lowest BCUT2D eigenvalue weighted by molar-refractivity contribution is 0.370. The molecule has 0 radical (unpaired) electrons. The van der Waals surface area contributed by atoms with Crippen LogP contribution in [0.3, 0.4) is 0 Å². The Morgan fingerprint density at radius 2 is 2.15 bits per heavy atom. The SMILES string of the molecule is c1ccc2c(c1)NCC2c1nc(-c2cnccn2)no1. The molecule has 0 aliphatic carbocycles. The minimum atomic E-state index is 0.0871. The first-order valence-electron chi connectivity index (χ1n) is 6.34. The van der Waals surface area contributed by atoms with Gasteiger partial charge in [0.1, 0.15) is 5.69 Å². The number of anilines is 1. The predicted octanol–water partition coefficient (Wildman–Crippen LogP) is 2.08. The van der Waals surface area contributed by atoms with Crippen molar-refractivity contribution in [2.24, 2.45) is 0 Å². The Kier molecular flexibility index (Phi) is 2.45. The van der Waals surface area contributed by atoms with Gasteiger partial charge in [0.25, 0.3) is 0 Å². The molecule has 1 atom stereocenters. The molecule has 20 heavy (non-hydrogen) atoms. The number of aromatic nitrogens is 4. The molecule has 0 saturated carbocycles. The fourth-order valence-corrected chi connectivity index (χ4v) is 2.40. The molecule has 0 fully saturated rings. The molecular weight excluding hydrogens is 254 g/mol. The number of fused-ring (bicyclic) bond motifs is 1. The topological polar surface area (TPSA) is 76.7 Å². The van der Waals surface area contributed by atoms with Gasteiger partial charge in [0.2, 0.25) is 11.7 Å². The van der Waals surface area contributed by atoms with Gasteiger partial charge in [-0.1, -0.05) is 23.4 Å². The summed E-state index contributed by atoms with van der Waals surface area (Å²) < 4.78 is 5.39. The van der Waals surface area contributed by atoms with E-state index < -0.39 is 0 Å². The Labute approximate surface area is 114 Å². The molecule has 1 unspecified atom stereocenters. The van der Waals surface area contributed by atoms with Gasteiger partial charge in [0, 0.05) is 24.6 Å². The van der Waals surface area contributed by atoms with Crippen molar-refractivity contribution >= 4 is 5.69 Å². The number of hydrogen-bond acceptors (Lipinski definition) is 6. The third kappa shape index (κ3) is 1.73. The summed E-state index contributed by atoms with van der Waals surface area (Å²) in [4.78, 5) is 12.6. The zero-order chi connectivity index (χ0) is 13.4. The van der Waals surface area contributed by atoms with Crippen LogP contribution in [0.1, 0.15) is 17.4 Å². The maximum atomic E-state index is 5.39. The van der Waals surface area contributed by atoms with E-state index in [0.29, 0.717) is 17.4 Å². The number of rotatable bonds is 2. The van der Waals surface area contributed by atoms with Crippen molar-refractivity contribution in [2.75, 3.05) is 11.9 Å². The van der Waals surface area contributed by atoms with Crippen LogP contribution in [0.4, 0.5) is 5.69 Å². The fraction of sp³-hybridized carbons (Fsp3) is 0.143. The number of para-hydroxylation sites is 1. The zero-order valence-corrected chi connectivity index (χ0v) is 10.5. The molecule has 0 bridgehead atoms. The summed E-state index contributed by atoms with van der Waals surface area (Å²) in [6.45, 7) is 0.765. The first kappa shape index (κ1) is 11.1. The third-order valence-electron chi connectivity index (χ3n) is 3.36. The van der Waals surface area contributed by atoms with Crippen LogP contribution in [0, 0.1) is 0 Å². The molecule has 1 aliphatic heterocycles. The van der Waals surface area contributed by atoms with E-state index in [0.717, 1.165) is 12.2 Å². The molecule has 6 heteroatoms. The van der Waals surface area contributed by atoms with Gasteiger partial charge < -0.3 is 9.84 Å². The van der Waals surface area contributed by atoms with E-state index in [-0.39, 0.29) is 5.92 Å². The molecule has 1 aromatic carbocycles. The average Bonchev–Trinajstić information content (AvgIpc) is 3.14.